The van der Waals surface area contributed by atoms with Crippen molar-refractivity contribution in [3.05, 3.63) is 88.8 Å². The maximum Gasteiger partial charge on any atom is 0.150 e. The Hall–Kier alpha value is -4.03. The molecule has 0 amide bonds. The van der Waals surface area contributed by atoms with Gasteiger partial charge in [-0.1, -0.05) is 47.6 Å². The molecule has 4 aromatic rings. The molecule has 5 rings (SSSR count). The second-order valence-corrected chi connectivity index (χ2v) is 8.10. The van der Waals surface area contributed by atoms with E-state index >= 15 is 0 Å². The fraction of sp³-hybridized carbons (Fsp3) is 0.250. The van der Waals surface area contributed by atoms with Crippen molar-refractivity contribution in [2.45, 2.75) is 25.4 Å². The third-order valence-corrected chi connectivity index (χ3v) is 5.97. The summed E-state index contributed by atoms with van der Waals surface area (Å²) >= 11 is 0. The summed E-state index contributed by atoms with van der Waals surface area (Å²) in [6, 6.07) is 18.0. The number of azide groups is 1. The number of benzene rings is 2. The SMILES string of the molecule is [N-]=[N+]=NC[C@H]1C[C@@H](c2nc(-c3cccc(OCc4ccccc4)c3)c3c(N)nccn32)C1. The van der Waals surface area contributed by atoms with Gasteiger partial charge in [-0.25, -0.2) is 9.97 Å². The van der Waals surface area contributed by atoms with Crippen LogP contribution in [0.4, 0.5) is 5.82 Å². The molecule has 160 valence electrons. The van der Waals surface area contributed by atoms with Crippen LogP contribution in [0.2, 0.25) is 0 Å². The van der Waals surface area contributed by atoms with E-state index in [0.29, 0.717) is 30.8 Å². The van der Waals surface area contributed by atoms with Crippen LogP contribution in [0, 0.1) is 5.92 Å². The molecule has 0 saturated heterocycles. The minimum atomic E-state index is 0.300. The largest absolute Gasteiger partial charge is 0.489 e. The number of ether oxygens (including phenoxy) is 1. The summed E-state index contributed by atoms with van der Waals surface area (Å²) in [5, 5.41) is 3.71. The first-order valence-corrected chi connectivity index (χ1v) is 10.6. The van der Waals surface area contributed by atoms with Crippen molar-refractivity contribution in [3.63, 3.8) is 0 Å². The molecule has 1 aliphatic carbocycles. The molecule has 32 heavy (non-hydrogen) atoms. The van der Waals surface area contributed by atoms with Gasteiger partial charge in [-0.2, -0.15) is 0 Å². The van der Waals surface area contributed by atoms with E-state index in [4.69, 9.17) is 21.0 Å². The summed E-state index contributed by atoms with van der Waals surface area (Å²) in [7, 11) is 0. The molecule has 8 heteroatoms. The molecule has 0 aliphatic heterocycles. The smallest absolute Gasteiger partial charge is 0.150 e. The van der Waals surface area contributed by atoms with Gasteiger partial charge >= 0.3 is 0 Å². The number of aromatic nitrogens is 3. The van der Waals surface area contributed by atoms with Gasteiger partial charge in [0.15, 0.2) is 0 Å². The van der Waals surface area contributed by atoms with Crippen molar-refractivity contribution in [2.75, 3.05) is 12.3 Å². The molecular formula is C24H23N7O. The Labute approximate surface area is 185 Å². The van der Waals surface area contributed by atoms with Crippen LogP contribution in [-0.4, -0.2) is 20.9 Å². The van der Waals surface area contributed by atoms with Crippen molar-refractivity contribution < 1.29 is 4.74 Å². The molecule has 1 saturated carbocycles. The maximum absolute atomic E-state index is 8.56. The predicted octanol–water partition coefficient (Wildman–Crippen LogP) is 5.36. The van der Waals surface area contributed by atoms with Gasteiger partial charge < -0.3 is 10.5 Å². The molecule has 0 radical (unpaired) electrons. The van der Waals surface area contributed by atoms with Crippen LogP contribution in [0.1, 0.15) is 30.1 Å². The van der Waals surface area contributed by atoms with Crippen LogP contribution in [0.15, 0.2) is 72.1 Å². The average molecular weight is 425 g/mol. The molecular weight excluding hydrogens is 402 g/mol. The van der Waals surface area contributed by atoms with Gasteiger partial charge in [0.25, 0.3) is 0 Å². The van der Waals surface area contributed by atoms with Gasteiger partial charge in [-0.3, -0.25) is 4.40 Å². The Balaban J connectivity index is 1.45. The minimum absolute atomic E-state index is 0.300. The lowest BCUT2D eigenvalue weighted by molar-refractivity contribution is 0.262. The third-order valence-electron chi connectivity index (χ3n) is 5.97. The molecule has 0 bridgehead atoms. The summed E-state index contributed by atoms with van der Waals surface area (Å²) < 4.78 is 8.06. The van der Waals surface area contributed by atoms with Crippen molar-refractivity contribution in [1.82, 2.24) is 14.4 Å². The van der Waals surface area contributed by atoms with E-state index in [2.05, 4.69) is 15.0 Å². The van der Waals surface area contributed by atoms with Crippen LogP contribution in [-0.2, 0) is 6.61 Å². The van der Waals surface area contributed by atoms with Gasteiger partial charge in [0.05, 0.1) is 0 Å². The zero-order valence-electron chi connectivity index (χ0n) is 17.5. The van der Waals surface area contributed by atoms with Gasteiger partial charge in [-0.05, 0) is 42.0 Å². The number of nitrogen functional groups attached to an aromatic ring is 1. The van der Waals surface area contributed by atoms with Gasteiger partial charge in [0, 0.05) is 35.3 Å². The number of nitrogens with two attached hydrogens (primary N) is 1. The predicted molar refractivity (Wildman–Crippen MR) is 123 cm³/mol. The summed E-state index contributed by atoms with van der Waals surface area (Å²) in [5.74, 6) is 2.89. The zero-order chi connectivity index (χ0) is 21.9. The quantitative estimate of drug-likeness (QED) is 0.244. The first-order chi connectivity index (χ1) is 15.7. The Morgan fingerprint density at radius 3 is 2.81 bits per heavy atom. The maximum atomic E-state index is 8.56. The van der Waals surface area contributed by atoms with Gasteiger partial charge in [0.1, 0.15) is 35.2 Å². The van der Waals surface area contributed by atoms with Crippen LogP contribution < -0.4 is 10.5 Å². The minimum Gasteiger partial charge on any atom is -0.489 e. The number of rotatable bonds is 7. The topological polar surface area (TPSA) is 114 Å². The number of fused-ring (bicyclic) bond motifs is 1. The Morgan fingerprint density at radius 1 is 1.16 bits per heavy atom. The van der Waals surface area contributed by atoms with E-state index in [0.717, 1.165) is 46.8 Å². The normalized spacial score (nSPS) is 17.5. The highest BCUT2D eigenvalue weighted by atomic mass is 16.5. The van der Waals surface area contributed by atoms with Crippen molar-refractivity contribution in [2.24, 2.45) is 11.0 Å². The second kappa shape index (κ2) is 8.61. The van der Waals surface area contributed by atoms with Crippen molar-refractivity contribution in [1.29, 1.82) is 0 Å². The first kappa shape index (κ1) is 19.9. The van der Waals surface area contributed by atoms with Crippen LogP contribution in [0.3, 0.4) is 0 Å². The molecule has 0 atom stereocenters. The van der Waals surface area contributed by atoms with Crippen molar-refractivity contribution >= 4 is 11.3 Å². The molecule has 2 heterocycles. The standard InChI is InChI=1S/C24H23N7O/c25-23-22-21(18-7-4-8-20(13-18)32-15-16-5-2-1-3-6-16)29-24(31(22)10-9-27-23)19-11-17(12-19)14-28-30-26/h1-10,13,17,19H,11-12,14-15H2,(H2,25,27)/t17-,19+. The summed E-state index contributed by atoms with van der Waals surface area (Å²) in [6.45, 7) is 1.03. The summed E-state index contributed by atoms with van der Waals surface area (Å²) in [6.07, 6.45) is 5.50. The molecule has 0 unspecified atom stereocenters. The highest BCUT2D eigenvalue weighted by Gasteiger charge is 2.33. The fourth-order valence-corrected chi connectivity index (χ4v) is 4.30. The van der Waals surface area contributed by atoms with E-state index in [1.165, 1.54) is 0 Å². The Morgan fingerprint density at radius 2 is 2.00 bits per heavy atom. The van der Waals surface area contributed by atoms with Crippen LogP contribution >= 0.6 is 0 Å². The summed E-state index contributed by atoms with van der Waals surface area (Å²) in [5.41, 5.74) is 18.5. The highest BCUT2D eigenvalue weighted by Crippen LogP contribution is 2.43. The lowest BCUT2D eigenvalue weighted by Gasteiger charge is -2.33. The van der Waals surface area contributed by atoms with E-state index in [1.807, 2.05) is 65.2 Å². The monoisotopic (exact) mass is 425 g/mol. The average Bonchev–Trinajstić information content (AvgIpc) is 3.18. The first-order valence-electron chi connectivity index (χ1n) is 10.6. The Kier molecular flexibility index (Phi) is 5.35. The van der Waals surface area contributed by atoms with E-state index in [-0.39, 0.29) is 0 Å². The van der Waals surface area contributed by atoms with Gasteiger partial charge in [-0.15, -0.1) is 0 Å². The lowest BCUT2D eigenvalue weighted by atomic mass is 9.74. The third kappa shape index (κ3) is 3.84. The van der Waals surface area contributed by atoms with Crippen LogP contribution in [0.25, 0.3) is 27.2 Å². The fourth-order valence-electron chi connectivity index (χ4n) is 4.30. The molecule has 2 N–H and O–H groups in total. The number of anilines is 1. The molecule has 1 aliphatic rings. The number of hydrogen-bond acceptors (Lipinski definition) is 5. The molecule has 0 spiro atoms. The number of hydrogen-bond donors (Lipinski definition) is 1. The highest BCUT2D eigenvalue weighted by molar-refractivity contribution is 5.85. The lowest BCUT2D eigenvalue weighted by Crippen LogP contribution is -2.25. The summed E-state index contributed by atoms with van der Waals surface area (Å²) in [4.78, 5) is 12.2. The zero-order valence-corrected chi connectivity index (χ0v) is 17.5. The van der Waals surface area contributed by atoms with E-state index in [1.54, 1.807) is 6.20 Å². The van der Waals surface area contributed by atoms with Crippen LogP contribution in [0.5, 0.6) is 5.75 Å². The second-order valence-electron chi connectivity index (χ2n) is 8.10. The molecule has 2 aromatic heterocycles. The van der Waals surface area contributed by atoms with E-state index < -0.39 is 0 Å². The molecule has 1 fully saturated rings. The number of nitrogens with zero attached hydrogens (tertiary/aromatic N) is 6. The Bertz CT molecular complexity index is 1290. The molecule has 2 aromatic carbocycles. The molecule has 8 nitrogen and oxygen atoms in total. The van der Waals surface area contributed by atoms with E-state index in [9.17, 15) is 0 Å². The number of imidazole rings is 1. The van der Waals surface area contributed by atoms with Crippen molar-refractivity contribution in [3.8, 4) is 17.0 Å². The van der Waals surface area contributed by atoms with Gasteiger partial charge in [0.2, 0.25) is 0 Å².